The number of hydrogen-bond acceptors (Lipinski definition) is 4. The van der Waals surface area contributed by atoms with Gasteiger partial charge in [-0.05, 0) is 61.7 Å². The molecule has 1 aliphatic heterocycles. The summed E-state index contributed by atoms with van der Waals surface area (Å²) >= 11 is 0. The van der Waals surface area contributed by atoms with Gasteiger partial charge in [-0.25, -0.2) is 0 Å². The Morgan fingerprint density at radius 2 is 2.00 bits per heavy atom. The summed E-state index contributed by atoms with van der Waals surface area (Å²) in [5.74, 6) is 0.894. The van der Waals surface area contributed by atoms with Crippen LogP contribution in [-0.2, 0) is 17.9 Å². The zero-order valence-electron chi connectivity index (χ0n) is 16.2. The van der Waals surface area contributed by atoms with E-state index in [0.29, 0.717) is 11.7 Å². The van der Waals surface area contributed by atoms with E-state index in [0.717, 1.165) is 44.7 Å². The van der Waals surface area contributed by atoms with Crippen LogP contribution < -0.4 is 4.74 Å². The highest BCUT2D eigenvalue weighted by molar-refractivity contribution is 5.69. The summed E-state index contributed by atoms with van der Waals surface area (Å²) in [5, 5.41) is 3.41. The quantitative estimate of drug-likeness (QED) is 0.526. The lowest BCUT2D eigenvalue weighted by Crippen LogP contribution is -2.34. The third kappa shape index (κ3) is 4.70. The molecule has 1 saturated heterocycles. The topological polar surface area (TPSA) is 63.1 Å². The summed E-state index contributed by atoms with van der Waals surface area (Å²) in [6.07, 6.45) is 6.23. The van der Waals surface area contributed by atoms with Crippen LogP contribution in [-0.4, -0.2) is 38.7 Å². The zero-order valence-corrected chi connectivity index (χ0v) is 16.2. The second-order valence-corrected chi connectivity index (χ2v) is 7.43. The Hall–Kier alpha value is -2.86. The molecule has 0 bridgehead atoms. The van der Waals surface area contributed by atoms with Crippen LogP contribution >= 0.6 is 0 Å². The van der Waals surface area contributed by atoms with Crippen LogP contribution in [0, 0.1) is 0 Å². The number of hydrogen-bond donors (Lipinski definition) is 1. The van der Waals surface area contributed by atoms with Crippen molar-refractivity contribution in [3.8, 4) is 5.75 Å². The summed E-state index contributed by atoms with van der Waals surface area (Å²) < 4.78 is 7.29. The number of carbonyl (C=O) groups is 1. The lowest BCUT2D eigenvalue weighted by Gasteiger charge is -2.33. The van der Waals surface area contributed by atoms with Crippen molar-refractivity contribution >= 4 is 5.97 Å². The standard InChI is InChI=1S/C22H26N4O2/c1-17(27)28-22-7-4-5-19(13-22)18-8-11-25(12-9-18)14-21-16-26(24-21)15-20-6-2-3-10-23-20/h2-7,10,13,16,18,24H,8-9,11-12,14-15H2,1H3. The van der Waals surface area contributed by atoms with Crippen LogP contribution in [0.15, 0.2) is 54.9 Å². The fourth-order valence-corrected chi connectivity index (χ4v) is 3.86. The van der Waals surface area contributed by atoms with Gasteiger partial charge in [0.1, 0.15) is 5.75 Å². The fraction of sp³-hybridized carbons (Fsp3) is 0.364. The van der Waals surface area contributed by atoms with Gasteiger partial charge in [0.05, 0.1) is 17.9 Å². The van der Waals surface area contributed by atoms with Gasteiger partial charge in [0.25, 0.3) is 0 Å². The van der Waals surface area contributed by atoms with Crippen LogP contribution in [0.25, 0.3) is 0 Å². The Labute approximate surface area is 165 Å². The minimum Gasteiger partial charge on any atom is -0.427 e. The molecule has 1 fully saturated rings. The average molecular weight is 378 g/mol. The second-order valence-electron chi connectivity index (χ2n) is 7.43. The molecule has 146 valence electrons. The Kier molecular flexibility index (Phi) is 5.58. The number of aromatic amines is 1. The molecule has 28 heavy (non-hydrogen) atoms. The molecule has 0 radical (unpaired) electrons. The minimum atomic E-state index is -0.273. The third-order valence-corrected chi connectivity index (χ3v) is 5.23. The van der Waals surface area contributed by atoms with Crippen molar-refractivity contribution in [1.82, 2.24) is 19.7 Å². The first kappa shape index (κ1) is 18.5. The van der Waals surface area contributed by atoms with Gasteiger partial charge in [-0.1, -0.05) is 18.2 Å². The molecular formula is C22H26N4O2. The van der Waals surface area contributed by atoms with Gasteiger partial charge < -0.3 is 4.74 Å². The molecule has 3 heterocycles. The number of nitrogens with one attached hydrogen (secondary N) is 1. The van der Waals surface area contributed by atoms with Gasteiger partial charge in [0, 0.05) is 25.9 Å². The van der Waals surface area contributed by atoms with Gasteiger partial charge in [0.2, 0.25) is 0 Å². The highest BCUT2D eigenvalue weighted by atomic mass is 16.5. The monoisotopic (exact) mass is 378 g/mol. The van der Waals surface area contributed by atoms with Crippen LogP contribution in [0.4, 0.5) is 0 Å². The number of nitrogens with zero attached hydrogens (tertiary/aromatic N) is 3. The second kappa shape index (κ2) is 8.44. The highest BCUT2D eigenvalue weighted by Crippen LogP contribution is 2.30. The first-order valence-electron chi connectivity index (χ1n) is 9.80. The molecule has 3 aromatic rings. The normalized spacial score (nSPS) is 15.6. The van der Waals surface area contributed by atoms with Crippen molar-refractivity contribution in [3.63, 3.8) is 0 Å². The summed E-state index contributed by atoms with van der Waals surface area (Å²) in [5.41, 5.74) is 3.58. The summed E-state index contributed by atoms with van der Waals surface area (Å²) in [7, 11) is 0. The predicted molar refractivity (Wildman–Crippen MR) is 107 cm³/mol. The summed E-state index contributed by atoms with van der Waals surface area (Å²) in [4.78, 5) is 18.0. The number of piperidine rings is 1. The lowest BCUT2D eigenvalue weighted by atomic mass is 9.89. The highest BCUT2D eigenvalue weighted by Gasteiger charge is 2.22. The number of likely N-dealkylation sites (tertiary alicyclic amines) is 1. The minimum absolute atomic E-state index is 0.273. The van der Waals surface area contributed by atoms with Gasteiger partial charge >= 0.3 is 5.97 Å². The molecule has 4 rings (SSSR count). The molecule has 1 aliphatic rings. The van der Waals surface area contributed by atoms with E-state index in [1.165, 1.54) is 18.2 Å². The lowest BCUT2D eigenvalue weighted by molar-refractivity contribution is -0.131. The molecule has 6 heteroatoms. The van der Waals surface area contributed by atoms with E-state index in [1.54, 1.807) is 0 Å². The SMILES string of the molecule is CC(=O)Oc1cccc(C2CCN(Cc3cn(Cc4ccccn4)[nH]3)CC2)c1. The largest absolute Gasteiger partial charge is 0.427 e. The molecule has 0 atom stereocenters. The Morgan fingerprint density at radius 1 is 1.18 bits per heavy atom. The zero-order chi connectivity index (χ0) is 19.3. The molecular weight excluding hydrogens is 352 g/mol. The Morgan fingerprint density at radius 3 is 2.71 bits per heavy atom. The van der Waals surface area contributed by atoms with Crippen molar-refractivity contribution < 1.29 is 9.53 Å². The smallest absolute Gasteiger partial charge is 0.308 e. The third-order valence-electron chi connectivity index (χ3n) is 5.23. The van der Waals surface area contributed by atoms with Gasteiger partial charge in [-0.15, -0.1) is 0 Å². The van der Waals surface area contributed by atoms with Crippen LogP contribution in [0.2, 0.25) is 0 Å². The van der Waals surface area contributed by atoms with Crippen LogP contribution in [0.1, 0.15) is 42.6 Å². The van der Waals surface area contributed by atoms with E-state index in [1.807, 2.05) is 42.6 Å². The van der Waals surface area contributed by atoms with E-state index < -0.39 is 0 Å². The number of carbonyl (C=O) groups excluding carboxylic acids is 1. The molecule has 0 unspecified atom stereocenters. The molecule has 1 aromatic carbocycles. The van der Waals surface area contributed by atoms with E-state index in [-0.39, 0.29) is 5.97 Å². The van der Waals surface area contributed by atoms with Crippen molar-refractivity contribution in [2.75, 3.05) is 13.1 Å². The number of ether oxygens (including phenoxy) is 1. The first-order chi connectivity index (χ1) is 13.7. The number of rotatable bonds is 6. The van der Waals surface area contributed by atoms with Gasteiger partial charge in [0.15, 0.2) is 0 Å². The molecule has 0 amide bonds. The van der Waals surface area contributed by atoms with E-state index in [4.69, 9.17) is 4.74 Å². The Balaban J connectivity index is 1.26. The molecule has 0 aliphatic carbocycles. The Bertz CT molecular complexity index is 896. The average Bonchev–Trinajstić information content (AvgIpc) is 2.67. The van der Waals surface area contributed by atoms with Crippen LogP contribution in [0.5, 0.6) is 5.75 Å². The number of pyridine rings is 1. The molecule has 2 aromatic heterocycles. The van der Waals surface area contributed by atoms with E-state index in [2.05, 4.69) is 31.9 Å². The van der Waals surface area contributed by atoms with Crippen molar-refractivity contribution in [2.24, 2.45) is 0 Å². The molecule has 1 N–H and O–H groups in total. The maximum Gasteiger partial charge on any atom is 0.308 e. The fourth-order valence-electron chi connectivity index (χ4n) is 3.86. The number of aromatic nitrogens is 3. The van der Waals surface area contributed by atoms with Gasteiger partial charge in [-0.3, -0.25) is 24.5 Å². The summed E-state index contributed by atoms with van der Waals surface area (Å²) in [6.45, 7) is 5.32. The van der Waals surface area contributed by atoms with Crippen molar-refractivity contribution in [3.05, 3.63) is 71.8 Å². The molecule has 0 spiro atoms. The van der Waals surface area contributed by atoms with Crippen molar-refractivity contribution in [2.45, 2.75) is 38.8 Å². The van der Waals surface area contributed by atoms with E-state index >= 15 is 0 Å². The van der Waals surface area contributed by atoms with Gasteiger partial charge in [-0.2, -0.15) is 0 Å². The maximum absolute atomic E-state index is 11.2. The maximum atomic E-state index is 11.2. The number of H-pyrrole nitrogens is 1. The predicted octanol–water partition coefficient (Wildman–Crippen LogP) is 3.56. The number of benzene rings is 1. The molecule has 6 nitrogen and oxygen atoms in total. The van der Waals surface area contributed by atoms with Crippen LogP contribution in [0.3, 0.4) is 0 Å². The first-order valence-corrected chi connectivity index (χ1v) is 9.80. The van der Waals surface area contributed by atoms with Crippen molar-refractivity contribution in [1.29, 1.82) is 0 Å². The number of esters is 1. The molecule has 0 saturated carbocycles. The summed E-state index contributed by atoms with van der Waals surface area (Å²) in [6, 6.07) is 13.9. The van der Waals surface area contributed by atoms with E-state index in [9.17, 15) is 4.79 Å².